The predicted octanol–water partition coefficient (Wildman–Crippen LogP) is 2.70. The standard InChI is InChI=1S/C18H18N4O3S/c1-22(9-15(24)25)14(23)7-8-19-17-16-13(12-5-3-2-4-6-12)10-26-18(16)21-11-20-17/h2-6,10-11H,7-9H2,1H3,(H,24,25)(H,19,20,21). The van der Waals surface area contributed by atoms with Crippen molar-refractivity contribution in [3.63, 3.8) is 0 Å². The molecule has 0 saturated heterocycles. The van der Waals surface area contributed by atoms with Crippen molar-refractivity contribution in [2.24, 2.45) is 0 Å². The van der Waals surface area contributed by atoms with Gasteiger partial charge < -0.3 is 15.3 Å². The first-order chi connectivity index (χ1) is 12.6. The topological polar surface area (TPSA) is 95.4 Å². The molecule has 7 nitrogen and oxygen atoms in total. The monoisotopic (exact) mass is 370 g/mol. The van der Waals surface area contributed by atoms with E-state index in [0.29, 0.717) is 12.4 Å². The number of carboxylic acids is 1. The lowest BCUT2D eigenvalue weighted by atomic mass is 10.1. The smallest absolute Gasteiger partial charge is 0.323 e. The Morgan fingerprint density at radius 3 is 2.73 bits per heavy atom. The largest absolute Gasteiger partial charge is 0.480 e. The van der Waals surface area contributed by atoms with Crippen molar-refractivity contribution in [3.05, 3.63) is 42.0 Å². The second-order valence-corrected chi connectivity index (χ2v) is 6.60. The first-order valence-corrected chi connectivity index (χ1v) is 8.91. The number of benzene rings is 1. The van der Waals surface area contributed by atoms with E-state index >= 15 is 0 Å². The van der Waals surface area contributed by atoms with Crippen LogP contribution in [0.1, 0.15) is 6.42 Å². The third-order valence-corrected chi connectivity index (χ3v) is 4.77. The van der Waals surface area contributed by atoms with E-state index in [1.807, 2.05) is 35.7 Å². The van der Waals surface area contributed by atoms with Gasteiger partial charge in [0, 0.05) is 31.0 Å². The minimum atomic E-state index is -1.03. The summed E-state index contributed by atoms with van der Waals surface area (Å²) in [6, 6.07) is 9.98. The Morgan fingerprint density at radius 2 is 2.00 bits per heavy atom. The van der Waals surface area contributed by atoms with Crippen LogP contribution >= 0.6 is 11.3 Å². The molecule has 1 aromatic carbocycles. The summed E-state index contributed by atoms with van der Waals surface area (Å²) in [5, 5.41) is 14.9. The van der Waals surface area contributed by atoms with Crippen LogP contribution in [0.3, 0.4) is 0 Å². The Kier molecular flexibility index (Phi) is 5.43. The lowest BCUT2D eigenvalue weighted by molar-refractivity contribution is -0.143. The van der Waals surface area contributed by atoms with Crippen LogP contribution in [-0.2, 0) is 9.59 Å². The quantitative estimate of drug-likeness (QED) is 0.664. The van der Waals surface area contributed by atoms with Crippen molar-refractivity contribution in [2.75, 3.05) is 25.5 Å². The lowest BCUT2D eigenvalue weighted by Crippen LogP contribution is -2.32. The molecule has 26 heavy (non-hydrogen) atoms. The van der Waals surface area contributed by atoms with Crippen LogP contribution in [0.4, 0.5) is 5.82 Å². The van der Waals surface area contributed by atoms with Gasteiger partial charge in [0.2, 0.25) is 5.91 Å². The van der Waals surface area contributed by atoms with Gasteiger partial charge >= 0.3 is 5.97 Å². The highest BCUT2D eigenvalue weighted by atomic mass is 32.1. The van der Waals surface area contributed by atoms with E-state index in [-0.39, 0.29) is 18.9 Å². The van der Waals surface area contributed by atoms with Gasteiger partial charge in [-0.3, -0.25) is 9.59 Å². The molecule has 2 N–H and O–H groups in total. The van der Waals surface area contributed by atoms with Gasteiger partial charge in [0.1, 0.15) is 23.5 Å². The lowest BCUT2D eigenvalue weighted by Gasteiger charge is -2.15. The van der Waals surface area contributed by atoms with E-state index in [9.17, 15) is 9.59 Å². The van der Waals surface area contributed by atoms with E-state index in [2.05, 4.69) is 15.3 Å². The zero-order valence-corrected chi connectivity index (χ0v) is 15.0. The summed E-state index contributed by atoms with van der Waals surface area (Å²) < 4.78 is 0. The number of fused-ring (bicyclic) bond motifs is 1. The summed E-state index contributed by atoms with van der Waals surface area (Å²) in [5.74, 6) is -0.598. The van der Waals surface area contributed by atoms with Gasteiger partial charge in [-0.25, -0.2) is 9.97 Å². The van der Waals surface area contributed by atoms with Crippen LogP contribution in [0.15, 0.2) is 42.0 Å². The van der Waals surface area contributed by atoms with Gasteiger partial charge in [0.25, 0.3) is 0 Å². The van der Waals surface area contributed by atoms with Crippen molar-refractivity contribution < 1.29 is 14.7 Å². The third kappa shape index (κ3) is 3.97. The number of aliphatic carboxylic acids is 1. The molecule has 0 aliphatic carbocycles. The summed E-state index contributed by atoms with van der Waals surface area (Å²) >= 11 is 1.54. The van der Waals surface area contributed by atoms with Crippen molar-refractivity contribution in [1.29, 1.82) is 0 Å². The molecule has 0 spiro atoms. The molecular weight excluding hydrogens is 352 g/mol. The number of carboxylic acid groups (broad SMARTS) is 1. The minimum absolute atomic E-state index is 0.181. The van der Waals surface area contributed by atoms with Crippen LogP contribution in [-0.4, -0.2) is 52.0 Å². The van der Waals surface area contributed by atoms with Crippen LogP contribution in [0.25, 0.3) is 21.3 Å². The van der Waals surface area contributed by atoms with Crippen LogP contribution < -0.4 is 5.32 Å². The Bertz CT molecular complexity index is 927. The number of hydrogen-bond acceptors (Lipinski definition) is 6. The number of thiophene rings is 1. The normalized spacial score (nSPS) is 10.7. The molecule has 0 aliphatic rings. The predicted molar refractivity (Wildman–Crippen MR) is 101 cm³/mol. The first kappa shape index (κ1) is 17.8. The maximum atomic E-state index is 12.0. The fourth-order valence-corrected chi connectivity index (χ4v) is 3.52. The molecule has 0 atom stereocenters. The number of likely N-dealkylation sites (N-methyl/N-ethyl adjacent to an activating group) is 1. The molecule has 134 valence electrons. The van der Waals surface area contributed by atoms with Crippen LogP contribution in [0.5, 0.6) is 0 Å². The minimum Gasteiger partial charge on any atom is -0.480 e. The highest BCUT2D eigenvalue weighted by molar-refractivity contribution is 7.17. The molecular formula is C18H18N4O3S. The van der Waals surface area contributed by atoms with Gasteiger partial charge in [0.15, 0.2) is 0 Å². The van der Waals surface area contributed by atoms with Crippen molar-refractivity contribution in [1.82, 2.24) is 14.9 Å². The Labute approximate surface area is 154 Å². The zero-order valence-electron chi connectivity index (χ0n) is 14.2. The van der Waals surface area contributed by atoms with Gasteiger partial charge in [-0.1, -0.05) is 30.3 Å². The number of amides is 1. The van der Waals surface area contributed by atoms with Crippen LogP contribution in [0, 0.1) is 0 Å². The molecule has 8 heteroatoms. The maximum absolute atomic E-state index is 12.0. The SMILES string of the molecule is CN(CC(=O)O)C(=O)CCNc1ncnc2scc(-c3ccccc3)c12. The van der Waals surface area contributed by atoms with Gasteiger partial charge in [-0.2, -0.15) is 0 Å². The van der Waals surface area contributed by atoms with E-state index < -0.39 is 5.97 Å². The number of aromatic nitrogens is 2. The number of carbonyl (C=O) groups is 2. The summed E-state index contributed by atoms with van der Waals surface area (Å²) in [6.45, 7) is 0.0538. The summed E-state index contributed by atoms with van der Waals surface area (Å²) in [5.41, 5.74) is 2.12. The molecule has 0 fully saturated rings. The molecule has 3 aromatic rings. The summed E-state index contributed by atoms with van der Waals surface area (Å²) in [6.07, 6.45) is 1.67. The van der Waals surface area contributed by atoms with E-state index in [1.54, 1.807) is 11.3 Å². The van der Waals surface area contributed by atoms with E-state index in [4.69, 9.17) is 5.11 Å². The first-order valence-electron chi connectivity index (χ1n) is 8.03. The molecule has 3 rings (SSSR count). The fraction of sp³-hybridized carbons (Fsp3) is 0.222. The number of nitrogens with one attached hydrogen (secondary N) is 1. The number of anilines is 1. The van der Waals surface area contributed by atoms with Gasteiger partial charge in [-0.05, 0) is 5.56 Å². The molecule has 1 amide bonds. The Morgan fingerprint density at radius 1 is 1.23 bits per heavy atom. The summed E-state index contributed by atoms with van der Waals surface area (Å²) in [7, 11) is 1.48. The number of carbonyl (C=O) groups excluding carboxylic acids is 1. The van der Waals surface area contributed by atoms with Gasteiger partial charge in [0.05, 0.1) is 5.39 Å². The average Bonchev–Trinajstić information content (AvgIpc) is 3.07. The summed E-state index contributed by atoms with van der Waals surface area (Å²) in [4.78, 5) is 33.3. The third-order valence-electron chi connectivity index (χ3n) is 3.88. The molecule has 0 radical (unpaired) electrons. The number of hydrogen-bond donors (Lipinski definition) is 2. The zero-order chi connectivity index (χ0) is 18.5. The molecule has 0 saturated carbocycles. The molecule has 0 aliphatic heterocycles. The van der Waals surface area contributed by atoms with Gasteiger partial charge in [-0.15, -0.1) is 11.3 Å². The van der Waals surface area contributed by atoms with E-state index in [0.717, 1.165) is 21.3 Å². The van der Waals surface area contributed by atoms with Crippen molar-refractivity contribution in [3.8, 4) is 11.1 Å². The highest BCUT2D eigenvalue weighted by Crippen LogP contribution is 2.36. The highest BCUT2D eigenvalue weighted by Gasteiger charge is 2.14. The Balaban J connectivity index is 1.75. The molecule has 2 heterocycles. The maximum Gasteiger partial charge on any atom is 0.323 e. The van der Waals surface area contributed by atoms with Crippen molar-refractivity contribution >= 4 is 39.2 Å². The fourth-order valence-electron chi connectivity index (χ4n) is 2.61. The number of nitrogens with zero attached hydrogens (tertiary/aromatic N) is 3. The molecule has 0 bridgehead atoms. The molecule has 2 aromatic heterocycles. The number of rotatable bonds is 7. The van der Waals surface area contributed by atoms with Crippen molar-refractivity contribution in [2.45, 2.75) is 6.42 Å². The molecule has 0 unspecified atom stereocenters. The second-order valence-electron chi connectivity index (χ2n) is 5.74. The van der Waals surface area contributed by atoms with E-state index in [1.165, 1.54) is 18.3 Å². The van der Waals surface area contributed by atoms with Crippen LogP contribution in [0.2, 0.25) is 0 Å². The average molecular weight is 370 g/mol. The second kappa shape index (κ2) is 7.92. The Hall–Kier alpha value is -3.00.